The number of methoxy groups -OCH3 is 1. The summed E-state index contributed by atoms with van der Waals surface area (Å²) in [6.07, 6.45) is 3.07. The summed E-state index contributed by atoms with van der Waals surface area (Å²) in [6, 6.07) is 8.46. The molecule has 2 aromatic rings. The number of furan rings is 1. The number of nitrogens with zero attached hydrogens (tertiary/aromatic N) is 2. The summed E-state index contributed by atoms with van der Waals surface area (Å²) >= 11 is 7.38. The van der Waals surface area contributed by atoms with E-state index in [1.54, 1.807) is 36.4 Å². The maximum absolute atomic E-state index is 12.9. The summed E-state index contributed by atoms with van der Waals surface area (Å²) in [5, 5.41) is 0.779. The van der Waals surface area contributed by atoms with Gasteiger partial charge in [-0.3, -0.25) is 14.5 Å². The van der Waals surface area contributed by atoms with Gasteiger partial charge >= 0.3 is 0 Å². The first-order valence-corrected chi connectivity index (χ1v) is 9.00. The largest absolute Gasteiger partial charge is 0.495 e. The van der Waals surface area contributed by atoms with Crippen LogP contribution < -0.4 is 9.64 Å². The number of carbonyl (C=O) groups excluding carboxylic acids is 2. The Kier molecular flexibility index (Phi) is 5.49. The van der Waals surface area contributed by atoms with E-state index in [1.807, 2.05) is 0 Å². The number of hydrogen-bond acceptors (Lipinski definition) is 6. The molecule has 0 spiro atoms. The molecule has 6 nitrogen and oxygen atoms in total. The number of anilines is 1. The molecule has 0 bridgehead atoms. The molecule has 0 radical (unpaired) electrons. The normalized spacial score (nSPS) is 15.5. The molecule has 1 aliphatic rings. The van der Waals surface area contributed by atoms with Crippen LogP contribution in [-0.2, 0) is 9.59 Å². The second kappa shape index (κ2) is 7.80. The van der Waals surface area contributed by atoms with E-state index < -0.39 is 0 Å². The Labute approximate surface area is 159 Å². The Balaban J connectivity index is 1.98. The number of rotatable bonds is 5. The molecule has 134 valence electrons. The van der Waals surface area contributed by atoms with Crippen molar-refractivity contribution in [2.45, 2.75) is 6.92 Å². The van der Waals surface area contributed by atoms with E-state index in [0.717, 1.165) is 0 Å². The Morgan fingerprint density at radius 2 is 2.23 bits per heavy atom. The van der Waals surface area contributed by atoms with Gasteiger partial charge in [0.1, 0.15) is 23.0 Å². The average molecular weight is 391 g/mol. The molecule has 8 heteroatoms. The van der Waals surface area contributed by atoms with Crippen LogP contribution in [-0.4, -0.2) is 29.7 Å². The molecule has 1 amide bonds. The summed E-state index contributed by atoms with van der Waals surface area (Å²) in [5.74, 6) is 0.890. The van der Waals surface area contributed by atoms with Crippen LogP contribution in [0.5, 0.6) is 5.75 Å². The van der Waals surface area contributed by atoms with Crippen LogP contribution in [0.25, 0.3) is 6.08 Å². The maximum atomic E-state index is 12.9. The molecule has 3 rings (SSSR count). The van der Waals surface area contributed by atoms with Gasteiger partial charge in [-0.05, 0) is 37.3 Å². The zero-order valence-corrected chi connectivity index (χ0v) is 15.6. The van der Waals surface area contributed by atoms with Gasteiger partial charge in [0.15, 0.2) is 5.17 Å². The van der Waals surface area contributed by atoms with Crippen LogP contribution in [0, 0.1) is 0 Å². The van der Waals surface area contributed by atoms with Gasteiger partial charge < -0.3 is 9.15 Å². The predicted octanol–water partition coefficient (Wildman–Crippen LogP) is 4.01. The molecule has 1 aliphatic heterocycles. The Hall–Kier alpha value is -2.51. The van der Waals surface area contributed by atoms with Crippen LogP contribution in [0.1, 0.15) is 12.7 Å². The summed E-state index contributed by atoms with van der Waals surface area (Å²) in [5.41, 5.74) is 0.761. The quantitative estimate of drug-likeness (QED) is 0.721. The molecule has 0 aliphatic carbocycles. The van der Waals surface area contributed by atoms with Crippen molar-refractivity contribution in [1.82, 2.24) is 0 Å². The second-order valence-corrected chi connectivity index (χ2v) is 6.74. The zero-order valence-electron chi connectivity index (χ0n) is 14.1. The van der Waals surface area contributed by atoms with Crippen LogP contribution in [0.3, 0.4) is 0 Å². The molecule has 1 aromatic heterocycles. The van der Waals surface area contributed by atoms with E-state index in [1.165, 1.54) is 37.0 Å². The first kappa shape index (κ1) is 18.3. The van der Waals surface area contributed by atoms with Crippen molar-refractivity contribution in [2.75, 3.05) is 17.8 Å². The van der Waals surface area contributed by atoms with Gasteiger partial charge in [-0.2, -0.15) is 0 Å². The fourth-order valence-corrected chi connectivity index (χ4v) is 3.35. The Morgan fingerprint density at radius 1 is 1.42 bits per heavy atom. The third-order valence-electron chi connectivity index (χ3n) is 3.45. The van der Waals surface area contributed by atoms with Crippen LogP contribution in [0.15, 0.2) is 51.7 Å². The van der Waals surface area contributed by atoms with Crippen molar-refractivity contribution in [3.8, 4) is 5.75 Å². The number of aliphatic imine (C=N–C) groups is 1. The number of thioether (sulfide) groups is 1. The van der Waals surface area contributed by atoms with E-state index >= 15 is 0 Å². The lowest BCUT2D eigenvalue weighted by atomic mass is 10.2. The van der Waals surface area contributed by atoms with Gasteiger partial charge in [0.05, 0.1) is 29.8 Å². The third-order valence-corrected chi connectivity index (χ3v) is 4.83. The summed E-state index contributed by atoms with van der Waals surface area (Å²) < 4.78 is 10.4. The van der Waals surface area contributed by atoms with E-state index in [2.05, 4.69) is 4.99 Å². The Morgan fingerprint density at radius 3 is 2.85 bits per heavy atom. The van der Waals surface area contributed by atoms with E-state index in [4.69, 9.17) is 20.8 Å². The number of amides is 1. The zero-order chi connectivity index (χ0) is 18.7. The predicted molar refractivity (Wildman–Crippen MR) is 103 cm³/mol. The van der Waals surface area contributed by atoms with Crippen molar-refractivity contribution in [2.24, 2.45) is 4.99 Å². The SMILES string of the molecule is COc1ccc(N2C(=O)/C(=C\c3ccco3)N=C2SCC(C)=O)cc1Cl. The molecule has 0 unspecified atom stereocenters. The van der Waals surface area contributed by atoms with Crippen molar-refractivity contribution >= 4 is 52.0 Å². The Bertz CT molecular complexity index is 906. The number of benzene rings is 1. The van der Waals surface area contributed by atoms with Gasteiger partial charge in [-0.15, -0.1) is 0 Å². The lowest BCUT2D eigenvalue weighted by Crippen LogP contribution is -2.30. The van der Waals surface area contributed by atoms with Gasteiger partial charge in [0.25, 0.3) is 5.91 Å². The molecule has 0 atom stereocenters. The van der Waals surface area contributed by atoms with Crippen LogP contribution in [0.4, 0.5) is 5.69 Å². The maximum Gasteiger partial charge on any atom is 0.283 e. The van der Waals surface area contributed by atoms with Crippen molar-refractivity contribution in [1.29, 1.82) is 0 Å². The van der Waals surface area contributed by atoms with Gasteiger partial charge in [0.2, 0.25) is 0 Å². The lowest BCUT2D eigenvalue weighted by Gasteiger charge is -2.18. The van der Waals surface area contributed by atoms with Gasteiger partial charge in [0, 0.05) is 6.08 Å². The first-order valence-electron chi connectivity index (χ1n) is 7.63. The highest BCUT2D eigenvalue weighted by atomic mass is 35.5. The van der Waals surface area contributed by atoms with Crippen molar-refractivity contribution in [3.05, 3.63) is 53.1 Å². The van der Waals surface area contributed by atoms with Gasteiger partial charge in [-0.1, -0.05) is 23.4 Å². The molecule has 26 heavy (non-hydrogen) atoms. The minimum atomic E-state index is -0.325. The molecule has 0 saturated carbocycles. The smallest absolute Gasteiger partial charge is 0.283 e. The minimum Gasteiger partial charge on any atom is -0.495 e. The third kappa shape index (κ3) is 3.84. The van der Waals surface area contributed by atoms with E-state index in [0.29, 0.717) is 27.4 Å². The highest BCUT2D eigenvalue weighted by Crippen LogP contribution is 2.34. The van der Waals surface area contributed by atoms with E-state index in [9.17, 15) is 9.59 Å². The number of ether oxygens (including phenoxy) is 1. The summed E-state index contributed by atoms with van der Waals surface area (Å²) in [4.78, 5) is 30.0. The minimum absolute atomic E-state index is 0.0127. The summed E-state index contributed by atoms with van der Waals surface area (Å²) in [7, 11) is 1.52. The number of carbonyl (C=O) groups is 2. The second-order valence-electron chi connectivity index (χ2n) is 5.39. The number of halogens is 1. The molecular weight excluding hydrogens is 376 g/mol. The highest BCUT2D eigenvalue weighted by Gasteiger charge is 2.32. The number of Topliss-reactive ketones (excluding diaryl/α,β-unsaturated/α-hetero) is 1. The first-order chi connectivity index (χ1) is 12.5. The average Bonchev–Trinajstić information content (AvgIpc) is 3.22. The molecule has 0 N–H and O–H groups in total. The molecule has 1 aromatic carbocycles. The molecule has 2 heterocycles. The fraction of sp³-hybridized carbons (Fsp3) is 0.167. The van der Waals surface area contributed by atoms with Crippen molar-refractivity contribution in [3.63, 3.8) is 0 Å². The number of ketones is 1. The van der Waals surface area contributed by atoms with Crippen molar-refractivity contribution < 1.29 is 18.7 Å². The topological polar surface area (TPSA) is 72.1 Å². The number of amidine groups is 1. The number of hydrogen-bond donors (Lipinski definition) is 0. The van der Waals surface area contributed by atoms with E-state index in [-0.39, 0.29) is 23.1 Å². The van der Waals surface area contributed by atoms with Crippen LogP contribution >= 0.6 is 23.4 Å². The molecule has 0 fully saturated rings. The van der Waals surface area contributed by atoms with Gasteiger partial charge in [-0.25, -0.2) is 4.99 Å². The summed E-state index contributed by atoms with van der Waals surface area (Å²) in [6.45, 7) is 1.48. The highest BCUT2D eigenvalue weighted by molar-refractivity contribution is 8.14. The van der Waals surface area contributed by atoms with Crippen LogP contribution in [0.2, 0.25) is 5.02 Å². The molecular formula is C18H15ClN2O4S. The fourth-order valence-electron chi connectivity index (χ4n) is 2.29. The monoisotopic (exact) mass is 390 g/mol. The standard InChI is InChI=1S/C18H15ClN2O4S/c1-11(22)10-26-18-20-15(9-13-4-3-7-25-13)17(23)21(18)12-5-6-16(24-2)14(19)8-12/h3-9H,10H2,1-2H3/b15-9+. The lowest BCUT2D eigenvalue weighted by molar-refractivity contribution is -0.115. The molecule has 0 saturated heterocycles.